The Hall–Kier alpha value is -1.22. The van der Waals surface area contributed by atoms with Crippen LogP contribution < -0.4 is 4.74 Å². The topological polar surface area (TPSA) is 29.5 Å². The number of halogens is 1. The second-order valence-electron chi connectivity index (χ2n) is 4.27. The van der Waals surface area contributed by atoms with Gasteiger partial charge in [0.1, 0.15) is 5.75 Å². The minimum atomic E-state index is -0.427. The summed E-state index contributed by atoms with van der Waals surface area (Å²) in [6, 6.07) is 5.48. The molecular weight excluding hydrogens is 238 g/mol. The lowest BCUT2D eigenvalue weighted by Gasteiger charge is -2.21. The third kappa shape index (κ3) is 2.55. The molecule has 1 aliphatic heterocycles. The van der Waals surface area contributed by atoms with Crippen LogP contribution in [0.5, 0.6) is 5.75 Å². The Kier molecular flexibility index (Phi) is 3.57. The van der Waals surface area contributed by atoms with Crippen molar-refractivity contribution in [2.24, 2.45) is 0 Å². The van der Waals surface area contributed by atoms with Gasteiger partial charge >= 0.3 is 0 Å². The van der Waals surface area contributed by atoms with Crippen LogP contribution in [-0.2, 0) is 11.3 Å². The first kappa shape index (κ1) is 12.2. The number of benzene rings is 1. The lowest BCUT2D eigenvalue weighted by molar-refractivity contribution is -0.137. The first-order valence-electron chi connectivity index (χ1n) is 5.85. The molecule has 1 aliphatic rings. The maximum absolute atomic E-state index is 12.1. The highest BCUT2D eigenvalue weighted by Crippen LogP contribution is 2.28. The Labute approximate surface area is 106 Å². The Morgan fingerprint density at radius 3 is 3.00 bits per heavy atom. The molecule has 3 nitrogen and oxygen atoms in total. The summed E-state index contributed by atoms with van der Waals surface area (Å²) in [5.74, 6) is 0.799. The maximum atomic E-state index is 12.1. The average Bonchev–Trinajstić information content (AvgIpc) is 2.40. The normalized spacial score (nSPS) is 19.6. The van der Waals surface area contributed by atoms with E-state index < -0.39 is 6.10 Å². The molecule has 92 valence electrons. The van der Waals surface area contributed by atoms with Gasteiger partial charge in [0.05, 0.1) is 0 Å². The first-order chi connectivity index (χ1) is 8.11. The monoisotopic (exact) mass is 253 g/mol. The van der Waals surface area contributed by atoms with Gasteiger partial charge in [-0.05, 0) is 31.5 Å². The predicted octanol–water partition coefficient (Wildman–Crippen LogP) is 2.86. The van der Waals surface area contributed by atoms with Crippen LogP contribution in [0.15, 0.2) is 18.2 Å². The van der Waals surface area contributed by atoms with E-state index in [1.54, 1.807) is 13.0 Å². The van der Waals surface area contributed by atoms with Gasteiger partial charge in [0, 0.05) is 23.7 Å². The van der Waals surface area contributed by atoms with E-state index in [0.29, 0.717) is 11.6 Å². The Bertz CT molecular complexity index is 433. The molecule has 0 unspecified atom stereocenters. The van der Waals surface area contributed by atoms with E-state index in [1.165, 1.54) is 0 Å². The lowest BCUT2D eigenvalue weighted by atomic mass is 10.2. The molecule has 0 bridgehead atoms. The second kappa shape index (κ2) is 4.96. The van der Waals surface area contributed by atoms with Crippen molar-refractivity contribution in [3.8, 4) is 5.75 Å². The highest BCUT2D eigenvalue weighted by atomic mass is 35.5. The lowest BCUT2D eigenvalue weighted by Crippen LogP contribution is -2.38. The van der Waals surface area contributed by atoms with Gasteiger partial charge in [-0.25, -0.2) is 0 Å². The Balaban J connectivity index is 2.34. The quantitative estimate of drug-likeness (QED) is 0.811. The number of carbonyl (C=O) groups is 1. The van der Waals surface area contributed by atoms with Crippen LogP contribution in [0, 0.1) is 0 Å². The fourth-order valence-electron chi connectivity index (χ4n) is 2.03. The summed E-state index contributed by atoms with van der Waals surface area (Å²) >= 11 is 5.97. The number of amides is 1. The highest BCUT2D eigenvalue weighted by Gasteiger charge is 2.27. The molecule has 1 heterocycles. The predicted molar refractivity (Wildman–Crippen MR) is 67.3 cm³/mol. The van der Waals surface area contributed by atoms with Crippen molar-refractivity contribution in [2.75, 3.05) is 6.54 Å². The zero-order chi connectivity index (χ0) is 12.4. The average molecular weight is 254 g/mol. The van der Waals surface area contributed by atoms with Crippen molar-refractivity contribution in [3.63, 3.8) is 0 Å². The number of fused-ring (bicyclic) bond motifs is 1. The molecule has 4 heteroatoms. The molecule has 0 N–H and O–H groups in total. The van der Waals surface area contributed by atoms with Gasteiger partial charge in [-0.1, -0.05) is 18.5 Å². The van der Waals surface area contributed by atoms with Gasteiger partial charge in [0.25, 0.3) is 5.91 Å². The number of carbonyl (C=O) groups excluding carboxylic acids is 1. The Morgan fingerprint density at radius 2 is 2.29 bits per heavy atom. The van der Waals surface area contributed by atoms with Gasteiger partial charge in [-0.15, -0.1) is 0 Å². The summed E-state index contributed by atoms with van der Waals surface area (Å²) < 4.78 is 5.65. The highest BCUT2D eigenvalue weighted by molar-refractivity contribution is 6.30. The van der Waals surface area contributed by atoms with E-state index in [2.05, 4.69) is 6.92 Å². The van der Waals surface area contributed by atoms with Crippen molar-refractivity contribution in [1.82, 2.24) is 4.90 Å². The zero-order valence-electron chi connectivity index (χ0n) is 10.1. The summed E-state index contributed by atoms with van der Waals surface area (Å²) in [6.07, 6.45) is 0.512. The minimum Gasteiger partial charge on any atom is -0.481 e. The van der Waals surface area contributed by atoms with Crippen molar-refractivity contribution in [1.29, 1.82) is 0 Å². The molecule has 0 saturated heterocycles. The summed E-state index contributed by atoms with van der Waals surface area (Å²) in [5.41, 5.74) is 0.976. The SMILES string of the molecule is CCCN1Cc2cc(Cl)ccc2O[C@@H](C)C1=O. The van der Waals surface area contributed by atoms with Crippen molar-refractivity contribution >= 4 is 17.5 Å². The smallest absolute Gasteiger partial charge is 0.263 e. The largest absolute Gasteiger partial charge is 0.481 e. The van der Waals surface area contributed by atoms with Crippen LogP contribution in [-0.4, -0.2) is 23.5 Å². The molecule has 1 amide bonds. The molecule has 0 radical (unpaired) electrons. The van der Waals surface area contributed by atoms with Crippen LogP contribution in [0.3, 0.4) is 0 Å². The van der Waals surface area contributed by atoms with Gasteiger partial charge in [-0.3, -0.25) is 4.79 Å². The van der Waals surface area contributed by atoms with E-state index in [9.17, 15) is 4.79 Å². The van der Waals surface area contributed by atoms with Crippen LogP contribution >= 0.6 is 11.6 Å². The maximum Gasteiger partial charge on any atom is 0.263 e. The van der Waals surface area contributed by atoms with E-state index >= 15 is 0 Å². The van der Waals surface area contributed by atoms with Crippen LogP contribution in [0.1, 0.15) is 25.8 Å². The minimum absolute atomic E-state index is 0.0409. The van der Waals surface area contributed by atoms with Crippen molar-refractivity contribution < 1.29 is 9.53 Å². The standard InChI is InChI=1S/C13H16ClNO2/c1-3-6-15-8-10-7-11(14)4-5-12(10)17-9(2)13(15)16/h4-5,7,9H,3,6,8H2,1-2H3/t9-/m0/s1. The van der Waals surface area contributed by atoms with E-state index in [0.717, 1.165) is 24.3 Å². The number of nitrogens with zero attached hydrogens (tertiary/aromatic N) is 1. The summed E-state index contributed by atoms with van der Waals surface area (Å²) in [7, 11) is 0. The molecule has 1 aromatic carbocycles. The second-order valence-corrected chi connectivity index (χ2v) is 4.71. The Morgan fingerprint density at radius 1 is 1.53 bits per heavy atom. The molecular formula is C13H16ClNO2. The number of rotatable bonds is 2. The fraction of sp³-hybridized carbons (Fsp3) is 0.462. The number of hydrogen-bond acceptors (Lipinski definition) is 2. The molecule has 17 heavy (non-hydrogen) atoms. The fourth-order valence-corrected chi connectivity index (χ4v) is 2.22. The van der Waals surface area contributed by atoms with E-state index in [-0.39, 0.29) is 5.91 Å². The molecule has 0 spiro atoms. The van der Waals surface area contributed by atoms with E-state index in [1.807, 2.05) is 17.0 Å². The molecule has 1 atom stereocenters. The molecule has 0 fully saturated rings. The van der Waals surface area contributed by atoms with Gasteiger partial charge in [-0.2, -0.15) is 0 Å². The van der Waals surface area contributed by atoms with Gasteiger partial charge in [0.2, 0.25) is 0 Å². The molecule has 0 aliphatic carbocycles. The van der Waals surface area contributed by atoms with Gasteiger partial charge < -0.3 is 9.64 Å². The number of ether oxygens (including phenoxy) is 1. The molecule has 0 aromatic heterocycles. The van der Waals surface area contributed by atoms with E-state index in [4.69, 9.17) is 16.3 Å². The van der Waals surface area contributed by atoms with Crippen LogP contribution in [0.25, 0.3) is 0 Å². The molecule has 0 saturated carbocycles. The molecule has 2 rings (SSSR count). The van der Waals surface area contributed by atoms with Crippen molar-refractivity contribution in [2.45, 2.75) is 32.9 Å². The zero-order valence-corrected chi connectivity index (χ0v) is 10.8. The number of hydrogen-bond donors (Lipinski definition) is 0. The van der Waals surface area contributed by atoms with Crippen LogP contribution in [0.2, 0.25) is 5.02 Å². The summed E-state index contributed by atoms with van der Waals surface area (Å²) in [5, 5.41) is 0.672. The molecule has 1 aromatic rings. The summed E-state index contributed by atoms with van der Waals surface area (Å²) in [6.45, 7) is 5.17. The summed E-state index contributed by atoms with van der Waals surface area (Å²) in [4.78, 5) is 13.9. The third-order valence-electron chi connectivity index (χ3n) is 2.84. The first-order valence-corrected chi connectivity index (χ1v) is 6.23. The van der Waals surface area contributed by atoms with Gasteiger partial charge in [0.15, 0.2) is 6.10 Å². The van der Waals surface area contributed by atoms with Crippen LogP contribution in [0.4, 0.5) is 0 Å². The third-order valence-corrected chi connectivity index (χ3v) is 3.08. The van der Waals surface area contributed by atoms with Crippen molar-refractivity contribution in [3.05, 3.63) is 28.8 Å².